The van der Waals surface area contributed by atoms with Crippen LogP contribution in [0.15, 0.2) is 66.6 Å². The number of hydrogen-bond donors (Lipinski definition) is 3. The number of rotatable bonds is 6. The predicted octanol–water partition coefficient (Wildman–Crippen LogP) is 6.97. The Kier molecular flexibility index (Phi) is 14.9. The van der Waals surface area contributed by atoms with E-state index in [2.05, 4.69) is 80.9 Å². The lowest BCUT2D eigenvalue weighted by Crippen LogP contribution is -2.36. The van der Waals surface area contributed by atoms with Gasteiger partial charge in [-0.05, 0) is 95.3 Å². The molecule has 68 heavy (non-hydrogen) atoms. The number of anilines is 3. The van der Waals surface area contributed by atoms with E-state index in [4.69, 9.17) is 33.3 Å². The van der Waals surface area contributed by atoms with Gasteiger partial charge >= 0.3 is 0 Å². The van der Waals surface area contributed by atoms with Gasteiger partial charge in [-0.25, -0.2) is 38.3 Å². The van der Waals surface area contributed by atoms with Crippen LogP contribution in [-0.2, 0) is 22.7 Å². The largest absolute Gasteiger partial charge is 0.392 e. The normalized spacial score (nSPS) is 20.0. The molecule has 0 aromatic carbocycles. The maximum Gasteiger partial charge on any atom is 0.246 e. The maximum absolute atomic E-state index is 11.8. The van der Waals surface area contributed by atoms with Crippen molar-refractivity contribution in [2.75, 3.05) is 60.2 Å². The van der Waals surface area contributed by atoms with Crippen LogP contribution in [0.2, 0.25) is 10.0 Å². The van der Waals surface area contributed by atoms with Crippen LogP contribution in [-0.4, -0.2) is 116 Å². The highest BCUT2D eigenvalue weighted by molar-refractivity contribution is 7.90. The average molecular weight is 982 g/mol. The number of β-amino-alcohol motifs (C(OH)–C–C–N with tert-alkyl or cyclic N) is 2. The van der Waals surface area contributed by atoms with Crippen molar-refractivity contribution in [1.29, 1.82) is 0 Å². The fraction of sp³-hybridized carbons (Fsp3) is 0.429. The number of aromatic nitrogens is 8. The molecule has 3 N–H and O–H groups in total. The Morgan fingerprint density at radius 3 is 1.62 bits per heavy atom. The van der Waals surface area contributed by atoms with Crippen LogP contribution < -0.4 is 20.0 Å². The van der Waals surface area contributed by atoms with Crippen LogP contribution in [0.5, 0.6) is 0 Å². The molecule has 2 saturated heterocycles. The number of aryl methyl sites for hydroxylation is 4. The highest BCUT2D eigenvalue weighted by Gasteiger charge is 2.31. The molecule has 0 radical (unpaired) electrons. The molecule has 4 unspecified atom stereocenters. The van der Waals surface area contributed by atoms with Gasteiger partial charge in [0.2, 0.25) is 20.9 Å². The molecule has 16 nitrogen and oxygen atoms in total. The lowest BCUT2D eigenvalue weighted by molar-refractivity contribution is 0.196. The van der Waals surface area contributed by atoms with Gasteiger partial charge in [-0.2, -0.15) is 0 Å². The summed E-state index contributed by atoms with van der Waals surface area (Å²) in [4.78, 5) is 42.7. The summed E-state index contributed by atoms with van der Waals surface area (Å²) in [6.07, 6.45) is 14.5. The summed E-state index contributed by atoms with van der Waals surface area (Å²) in [6.45, 7) is 16.9. The highest BCUT2D eigenvalue weighted by atomic mass is 35.5. The Morgan fingerprint density at radius 1 is 0.647 bits per heavy atom. The zero-order valence-electron chi connectivity index (χ0n) is 39.4. The SMILES string of the molecule is Cc1cnc(-c2cc(N3CCc4nc(N5CCC(O)C5)ncc4C3C)ncc2Cl)c(C)c1.Cc1cnc(-c2cc(N3CCc4nc(S(C)(=O)=O)ncc4C3C)ncc2Cl)c(C)c1.OC1CCNC1. The van der Waals surface area contributed by atoms with Crippen molar-refractivity contribution < 1.29 is 18.6 Å². The van der Waals surface area contributed by atoms with E-state index in [1.165, 1.54) is 0 Å². The van der Waals surface area contributed by atoms with Gasteiger partial charge in [0, 0.05) is 111 Å². The molecule has 0 amide bonds. The monoisotopic (exact) mass is 980 g/mol. The van der Waals surface area contributed by atoms with Gasteiger partial charge < -0.3 is 30.2 Å². The maximum atomic E-state index is 11.8. The van der Waals surface area contributed by atoms with Crippen molar-refractivity contribution in [1.82, 2.24) is 45.2 Å². The number of hydrogen-bond acceptors (Lipinski definition) is 16. The third-order valence-corrected chi connectivity index (χ3v) is 14.3. The molecule has 2 fully saturated rings. The van der Waals surface area contributed by atoms with Crippen molar-refractivity contribution in [3.05, 3.63) is 116 Å². The third-order valence-electron chi connectivity index (χ3n) is 12.8. The molecule has 6 aromatic heterocycles. The first-order chi connectivity index (χ1) is 32.4. The molecule has 10 heterocycles. The molecular weight excluding hydrogens is 924 g/mol. The van der Waals surface area contributed by atoms with Crippen molar-refractivity contribution in [2.24, 2.45) is 0 Å². The fourth-order valence-corrected chi connectivity index (χ4v) is 10.1. The summed E-state index contributed by atoms with van der Waals surface area (Å²) >= 11 is 13.0. The van der Waals surface area contributed by atoms with Gasteiger partial charge in [0.25, 0.3) is 0 Å². The third kappa shape index (κ3) is 10.9. The molecule has 6 aromatic rings. The van der Waals surface area contributed by atoms with E-state index < -0.39 is 9.84 Å². The second-order valence-electron chi connectivity index (χ2n) is 18.1. The van der Waals surface area contributed by atoms with Gasteiger partial charge in [0.15, 0.2) is 0 Å². The van der Waals surface area contributed by atoms with E-state index in [9.17, 15) is 13.5 Å². The van der Waals surface area contributed by atoms with Crippen molar-refractivity contribution >= 4 is 50.6 Å². The van der Waals surface area contributed by atoms with Crippen molar-refractivity contribution in [2.45, 2.75) is 96.7 Å². The predicted molar refractivity (Wildman–Crippen MR) is 266 cm³/mol. The summed E-state index contributed by atoms with van der Waals surface area (Å²) in [5, 5.41) is 22.5. The smallest absolute Gasteiger partial charge is 0.246 e. The topological polar surface area (TPSA) is 199 Å². The molecule has 4 aliphatic rings. The van der Waals surface area contributed by atoms with Gasteiger partial charge in [-0.15, -0.1) is 0 Å². The minimum Gasteiger partial charge on any atom is -0.392 e. The molecule has 0 saturated carbocycles. The number of sulfone groups is 1. The molecule has 4 atom stereocenters. The van der Waals surface area contributed by atoms with Crippen LogP contribution in [0.3, 0.4) is 0 Å². The summed E-state index contributed by atoms with van der Waals surface area (Å²) < 4.78 is 23.5. The Hall–Kier alpha value is -5.43. The van der Waals surface area contributed by atoms with Crippen molar-refractivity contribution in [3.8, 4) is 22.5 Å². The lowest BCUT2D eigenvalue weighted by Gasteiger charge is -2.36. The number of pyridine rings is 4. The molecule has 358 valence electrons. The fourth-order valence-electron chi connectivity index (χ4n) is 9.15. The zero-order valence-corrected chi connectivity index (χ0v) is 41.8. The Balaban J connectivity index is 0.000000164. The van der Waals surface area contributed by atoms with Gasteiger partial charge in [0.1, 0.15) is 11.6 Å². The summed E-state index contributed by atoms with van der Waals surface area (Å²) in [5.41, 5.74) is 11.7. The number of nitrogens with one attached hydrogen (secondary N) is 1. The number of halogens is 2. The highest BCUT2D eigenvalue weighted by Crippen LogP contribution is 2.38. The zero-order chi connectivity index (χ0) is 48.4. The van der Waals surface area contributed by atoms with E-state index in [1.54, 1.807) is 18.6 Å². The van der Waals surface area contributed by atoms with Gasteiger partial charge in [0.05, 0.1) is 57.1 Å². The number of aliphatic hydroxyl groups is 2. The minimum atomic E-state index is -3.44. The molecule has 10 rings (SSSR count). The molecule has 0 spiro atoms. The number of aliphatic hydroxyl groups excluding tert-OH is 2. The second-order valence-corrected chi connectivity index (χ2v) is 20.8. The first-order valence-corrected chi connectivity index (χ1v) is 25.5. The average Bonchev–Trinajstić information content (AvgIpc) is 3.98. The van der Waals surface area contributed by atoms with E-state index in [1.807, 2.05) is 58.4 Å². The molecule has 4 aliphatic heterocycles. The Bertz CT molecular complexity index is 2920. The molecule has 19 heteroatoms. The van der Waals surface area contributed by atoms with Crippen LogP contribution in [0, 0.1) is 27.7 Å². The van der Waals surface area contributed by atoms with Gasteiger partial charge in [-0.3, -0.25) is 9.97 Å². The van der Waals surface area contributed by atoms with Crippen LogP contribution in [0.25, 0.3) is 22.5 Å². The second kappa shape index (κ2) is 20.7. The van der Waals surface area contributed by atoms with Gasteiger partial charge in [-0.1, -0.05) is 35.3 Å². The lowest BCUT2D eigenvalue weighted by atomic mass is 9.99. The standard InChI is InChI=1S/C24H27ClN6O.C21H22ClN5O2S.C4H9NO/c1-14-8-15(2)23(27-10-14)18-9-22(26-12-20(18)25)31-7-5-21-19(16(31)3)11-28-24(29-21)30-6-4-17(32)13-30;1-12-7-13(2)20(24-9-12)15-8-19(23-11-17(15)22)27-6-5-18-16(14(27)3)10-25-21(26-18)30(4,28)29;6-4-1-2-5-3-4/h8-12,16-17,32H,4-7,13H2,1-3H3;7-11,14H,5-6H2,1-4H3;4-6H,1-3H2. The quantitative estimate of drug-likeness (QED) is 0.144. The summed E-state index contributed by atoms with van der Waals surface area (Å²) in [5.74, 6) is 2.37. The van der Waals surface area contributed by atoms with E-state index in [0.717, 1.165) is 131 Å². The van der Waals surface area contributed by atoms with E-state index in [-0.39, 0.29) is 29.4 Å². The van der Waals surface area contributed by atoms with Crippen LogP contribution in [0.1, 0.15) is 83.5 Å². The first-order valence-electron chi connectivity index (χ1n) is 22.9. The summed E-state index contributed by atoms with van der Waals surface area (Å²) in [6, 6.07) is 8.22. The molecule has 0 bridgehead atoms. The number of fused-ring (bicyclic) bond motifs is 2. The minimum absolute atomic E-state index is 0.0593. The summed E-state index contributed by atoms with van der Waals surface area (Å²) in [7, 11) is -3.44. The Morgan fingerprint density at radius 2 is 1.18 bits per heavy atom. The Labute approximate surface area is 408 Å². The van der Waals surface area contributed by atoms with Crippen LogP contribution >= 0.6 is 23.2 Å². The van der Waals surface area contributed by atoms with Crippen LogP contribution in [0.4, 0.5) is 17.6 Å². The van der Waals surface area contributed by atoms with E-state index >= 15 is 0 Å². The van der Waals surface area contributed by atoms with E-state index in [0.29, 0.717) is 35.5 Å². The number of nitrogens with zero attached hydrogens (tertiary/aromatic N) is 11. The van der Waals surface area contributed by atoms with Crippen molar-refractivity contribution in [3.63, 3.8) is 0 Å². The molecular formula is C49H58Cl2N12O4S. The molecule has 0 aliphatic carbocycles. The first kappa shape index (κ1) is 49.0.